The highest BCUT2D eigenvalue weighted by Gasteiger charge is 2.40. The van der Waals surface area contributed by atoms with Crippen LogP contribution in [0.15, 0.2) is 60.7 Å². The van der Waals surface area contributed by atoms with Crippen molar-refractivity contribution in [2.24, 2.45) is 0 Å². The molecule has 0 amide bonds. The maximum atomic E-state index is 9.76. The summed E-state index contributed by atoms with van der Waals surface area (Å²) in [4.78, 5) is 0. The van der Waals surface area contributed by atoms with E-state index < -0.39 is 12.4 Å². The summed E-state index contributed by atoms with van der Waals surface area (Å²) in [5.41, 5.74) is 2.16. The van der Waals surface area contributed by atoms with Crippen LogP contribution in [0, 0.1) is 0 Å². The van der Waals surface area contributed by atoms with E-state index in [1.807, 2.05) is 60.7 Å². The highest BCUT2D eigenvalue weighted by Crippen LogP contribution is 2.27. The Balaban J connectivity index is 1.67. The maximum absolute atomic E-state index is 9.76. The fourth-order valence-corrected chi connectivity index (χ4v) is 3.11. The summed E-state index contributed by atoms with van der Waals surface area (Å²) in [7, 11) is 1.60. The van der Waals surface area contributed by atoms with E-state index in [-0.39, 0.29) is 18.8 Å². The molecule has 1 aliphatic rings. The first-order chi connectivity index (χ1) is 12.8. The van der Waals surface area contributed by atoms with E-state index >= 15 is 0 Å². The van der Waals surface area contributed by atoms with Gasteiger partial charge in [-0.1, -0.05) is 60.7 Å². The van der Waals surface area contributed by atoms with Crippen LogP contribution in [0.3, 0.4) is 0 Å². The minimum atomic E-state index is -0.488. The largest absolute Gasteiger partial charge is 0.394 e. The van der Waals surface area contributed by atoms with Crippen molar-refractivity contribution in [1.82, 2.24) is 0 Å². The fourth-order valence-electron chi connectivity index (χ4n) is 3.11. The second-order valence-corrected chi connectivity index (χ2v) is 6.35. The smallest absolute Gasteiger partial charge is 0.160 e. The van der Waals surface area contributed by atoms with Crippen LogP contribution in [0.5, 0.6) is 0 Å². The van der Waals surface area contributed by atoms with Crippen molar-refractivity contribution < 1.29 is 24.1 Å². The van der Waals surface area contributed by atoms with Crippen molar-refractivity contribution in [3.05, 3.63) is 71.8 Å². The molecule has 1 N–H and O–H groups in total. The van der Waals surface area contributed by atoms with Crippen molar-refractivity contribution in [1.29, 1.82) is 0 Å². The molecule has 140 valence electrons. The number of aliphatic hydroxyl groups is 1. The Bertz CT molecular complexity index is 633. The average Bonchev–Trinajstić information content (AvgIpc) is 2.72. The summed E-state index contributed by atoms with van der Waals surface area (Å²) in [6.45, 7) is 0.768. The maximum Gasteiger partial charge on any atom is 0.160 e. The molecule has 0 radical (unpaired) electrons. The monoisotopic (exact) mass is 358 g/mol. The van der Waals surface area contributed by atoms with Gasteiger partial charge in [-0.25, -0.2) is 0 Å². The first kappa shape index (κ1) is 19.0. The molecule has 1 heterocycles. The van der Waals surface area contributed by atoms with Crippen molar-refractivity contribution in [2.75, 3.05) is 13.7 Å². The first-order valence-corrected chi connectivity index (χ1v) is 8.90. The van der Waals surface area contributed by atoms with Gasteiger partial charge in [0.25, 0.3) is 0 Å². The molecule has 1 saturated heterocycles. The molecule has 0 bridgehead atoms. The molecule has 26 heavy (non-hydrogen) atoms. The van der Waals surface area contributed by atoms with Gasteiger partial charge in [0.15, 0.2) is 6.29 Å². The van der Waals surface area contributed by atoms with E-state index in [9.17, 15) is 5.11 Å². The molecular weight excluding hydrogens is 332 g/mol. The van der Waals surface area contributed by atoms with Crippen molar-refractivity contribution in [2.45, 2.75) is 44.2 Å². The van der Waals surface area contributed by atoms with Crippen LogP contribution < -0.4 is 0 Å². The van der Waals surface area contributed by atoms with Gasteiger partial charge < -0.3 is 24.1 Å². The lowest BCUT2D eigenvalue weighted by atomic mass is 10.0. The van der Waals surface area contributed by atoms with Crippen molar-refractivity contribution in [3.63, 3.8) is 0 Å². The zero-order valence-electron chi connectivity index (χ0n) is 15.0. The van der Waals surface area contributed by atoms with Gasteiger partial charge in [-0.2, -0.15) is 0 Å². The molecule has 2 aromatic rings. The summed E-state index contributed by atoms with van der Waals surface area (Å²) in [5.74, 6) is 0. The molecule has 5 nitrogen and oxygen atoms in total. The quantitative estimate of drug-likeness (QED) is 0.786. The van der Waals surface area contributed by atoms with Gasteiger partial charge in [0, 0.05) is 13.5 Å². The Morgan fingerprint density at radius 2 is 1.50 bits per heavy atom. The molecule has 2 aromatic carbocycles. The lowest BCUT2D eigenvalue weighted by molar-refractivity contribution is -0.269. The SMILES string of the molecule is COC1CC(OCc2ccccc2)C(OCc2ccccc2)C(CO)O1. The van der Waals surface area contributed by atoms with Crippen LogP contribution in [0.25, 0.3) is 0 Å². The third-order valence-electron chi connectivity index (χ3n) is 4.52. The Hall–Kier alpha value is -1.76. The van der Waals surface area contributed by atoms with Crippen LogP contribution in [-0.2, 0) is 32.2 Å². The normalized spacial score (nSPS) is 25.9. The number of benzene rings is 2. The minimum absolute atomic E-state index is 0.148. The topological polar surface area (TPSA) is 57.2 Å². The standard InChI is InChI=1S/C21H26O5/c1-23-20-12-18(24-14-16-8-4-2-5-9-16)21(19(13-22)26-20)25-15-17-10-6-3-7-11-17/h2-11,18-22H,12-15H2,1H3. The molecule has 4 atom stereocenters. The summed E-state index contributed by atoms with van der Waals surface area (Å²) in [6, 6.07) is 19.9. The summed E-state index contributed by atoms with van der Waals surface area (Å²) in [6.07, 6.45) is -0.938. The molecule has 3 rings (SSSR count). The van der Waals surface area contributed by atoms with Gasteiger partial charge in [-0.3, -0.25) is 0 Å². The van der Waals surface area contributed by atoms with Gasteiger partial charge in [0.1, 0.15) is 12.2 Å². The first-order valence-electron chi connectivity index (χ1n) is 8.90. The number of ether oxygens (including phenoxy) is 4. The van der Waals surface area contributed by atoms with E-state index in [2.05, 4.69) is 0 Å². The zero-order chi connectivity index (χ0) is 18.2. The third kappa shape index (κ3) is 5.13. The molecule has 0 saturated carbocycles. The van der Waals surface area contributed by atoms with E-state index in [0.717, 1.165) is 11.1 Å². The number of methoxy groups -OCH3 is 1. The second kappa shape index (κ2) is 9.80. The second-order valence-electron chi connectivity index (χ2n) is 6.35. The van der Waals surface area contributed by atoms with Gasteiger partial charge in [0.05, 0.1) is 25.9 Å². The van der Waals surface area contributed by atoms with Crippen molar-refractivity contribution in [3.8, 4) is 0 Å². The number of rotatable bonds is 8. The highest BCUT2D eigenvalue weighted by atomic mass is 16.7. The number of aliphatic hydroxyl groups excluding tert-OH is 1. The molecule has 4 unspecified atom stereocenters. The minimum Gasteiger partial charge on any atom is -0.394 e. The van der Waals surface area contributed by atoms with E-state index in [1.54, 1.807) is 7.11 Å². The molecular formula is C21H26O5. The summed E-state index contributed by atoms with van der Waals surface area (Å²) in [5, 5.41) is 9.76. The van der Waals surface area contributed by atoms with Crippen LogP contribution in [0.2, 0.25) is 0 Å². The Labute approximate surface area is 154 Å². The van der Waals surface area contributed by atoms with Crippen LogP contribution in [-0.4, -0.2) is 43.4 Å². The molecule has 0 aliphatic carbocycles. The summed E-state index contributed by atoms with van der Waals surface area (Å²) >= 11 is 0. The highest BCUT2D eigenvalue weighted by molar-refractivity contribution is 5.14. The van der Waals surface area contributed by atoms with Gasteiger partial charge in [-0.15, -0.1) is 0 Å². The van der Waals surface area contributed by atoms with Crippen LogP contribution >= 0.6 is 0 Å². The van der Waals surface area contributed by atoms with E-state index in [1.165, 1.54) is 0 Å². The molecule has 0 spiro atoms. The zero-order valence-corrected chi connectivity index (χ0v) is 15.0. The predicted octanol–water partition coefficient (Wildman–Crippen LogP) is 2.91. The lowest BCUT2D eigenvalue weighted by Gasteiger charge is -2.40. The molecule has 1 fully saturated rings. The van der Waals surface area contributed by atoms with E-state index in [4.69, 9.17) is 18.9 Å². The Morgan fingerprint density at radius 3 is 2.04 bits per heavy atom. The molecule has 5 heteroatoms. The number of hydrogen-bond acceptors (Lipinski definition) is 5. The number of hydrogen-bond donors (Lipinski definition) is 1. The van der Waals surface area contributed by atoms with Crippen LogP contribution in [0.1, 0.15) is 17.5 Å². The van der Waals surface area contributed by atoms with Crippen LogP contribution in [0.4, 0.5) is 0 Å². The van der Waals surface area contributed by atoms with Gasteiger partial charge >= 0.3 is 0 Å². The fraction of sp³-hybridized carbons (Fsp3) is 0.429. The average molecular weight is 358 g/mol. The van der Waals surface area contributed by atoms with Gasteiger partial charge in [-0.05, 0) is 11.1 Å². The predicted molar refractivity (Wildman–Crippen MR) is 97.4 cm³/mol. The lowest BCUT2D eigenvalue weighted by Crippen LogP contribution is -2.52. The Morgan fingerprint density at radius 1 is 0.923 bits per heavy atom. The van der Waals surface area contributed by atoms with E-state index in [0.29, 0.717) is 19.6 Å². The van der Waals surface area contributed by atoms with Gasteiger partial charge in [0.2, 0.25) is 0 Å². The molecule has 0 aromatic heterocycles. The third-order valence-corrected chi connectivity index (χ3v) is 4.52. The summed E-state index contributed by atoms with van der Waals surface area (Å²) < 4.78 is 23.4. The molecule has 1 aliphatic heterocycles. The van der Waals surface area contributed by atoms with Crippen molar-refractivity contribution >= 4 is 0 Å². The Kier molecular flexibility index (Phi) is 7.17.